The quantitative estimate of drug-likeness (QED) is 0.172. The van der Waals surface area contributed by atoms with Crippen molar-refractivity contribution in [3.05, 3.63) is 139 Å². The Morgan fingerprint density at radius 1 is 0.634 bits per heavy atom. The molecule has 0 aliphatic rings. The number of furan rings is 1. The minimum Gasteiger partial charge on any atom is -0.455 e. The van der Waals surface area contributed by atoms with Gasteiger partial charge in [-0.25, -0.2) is 0 Å². The topological polar surface area (TPSA) is 51.8 Å². The van der Waals surface area contributed by atoms with Crippen LogP contribution in [0.15, 0.2) is 114 Å². The molecule has 0 bridgehead atoms. The molecule has 0 amide bonds. The van der Waals surface area contributed by atoms with Gasteiger partial charge in [0.25, 0.3) is 0 Å². The fourth-order valence-electron chi connectivity index (χ4n) is 4.67. The molecule has 5 heteroatoms. The average molecular weight is 710 g/mol. The van der Waals surface area contributed by atoms with E-state index in [4.69, 9.17) is 4.42 Å². The summed E-state index contributed by atoms with van der Waals surface area (Å²) in [5.41, 5.74) is 11.7. The number of rotatable bonds is 3. The first kappa shape index (κ1) is 28.1. The number of hydrogen-bond acceptors (Lipinski definition) is 4. The van der Waals surface area contributed by atoms with Crippen LogP contribution in [0.5, 0.6) is 0 Å². The zero-order valence-electron chi connectivity index (χ0n) is 23.0. The molecule has 0 spiro atoms. The fraction of sp³-hybridized carbons (Fsp3) is 0.0833. The van der Waals surface area contributed by atoms with Gasteiger partial charge in [0, 0.05) is 37.1 Å². The third-order valence-electron chi connectivity index (χ3n) is 7.05. The molecule has 0 unspecified atom stereocenters. The van der Waals surface area contributed by atoms with Gasteiger partial charge >= 0.3 is 0 Å². The Morgan fingerprint density at radius 2 is 1.39 bits per heavy atom. The SMILES string of the molecule is Cc1cnc(-c2[c-]cc(C)c(-c3ccccc3)c2)cc1C.[Ir].[c-]1cnccc1-c1cc2c(cn1)oc1ccccc12. The van der Waals surface area contributed by atoms with Crippen molar-refractivity contribution in [2.75, 3.05) is 0 Å². The first-order chi connectivity index (χ1) is 19.6. The molecule has 41 heavy (non-hydrogen) atoms. The van der Waals surface area contributed by atoms with Crippen molar-refractivity contribution in [1.82, 2.24) is 15.0 Å². The third kappa shape index (κ3) is 6.02. The summed E-state index contributed by atoms with van der Waals surface area (Å²) in [4.78, 5) is 12.9. The molecule has 0 fully saturated rings. The summed E-state index contributed by atoms with van der Waals surface area (Å²) >= 11 is 0. The Labute approximate surface area is 253 Å². The molecule has 7 aromatic rings. The predicted octanol–water partition coefficient (Wildman–Crippen LogP) is 8.98. The van der Waals surface area contributed by atoms with E-state index in [1.165, 1.54) is 27.8 Å². The van der Waals surface area contributed by atoms with E-state index in [0.29, 0.717) is 0 Å². The van der Waals surface area contributed by atoms with Gasteiger partial charge in [-0.3, -0.25) is 4.98 Å². The molecule has 0 saturated heterocycles. The van der Waals surface area contributed by atoms with E-state index in [1.54, 1.807) is 18.6 Å². The number of nitrogens with zero attached hydrogens (tertiary/aromatic N) is 3. The summed E-state index contributed by atoms with van der Waals surface area (Å²) in [6.07, 6.45) is 7.08. The van der Waals surface area contributed by atoms with Gasteiger partial charge in [-0.15, -0.1) is 35.4 Å². The Morgan fingerprint density at radius 3 is 2.17 bits per heavy atom. The third-order valence-corrected chi connectivity index (χ3v) is 7.05. The second-order valence-corrected chi connectivity index (χ2v) is 9.78. The van der Waals surface area contributed by atoms with Gasteiger partial charge in [0.15, 0.2) is 5.58 Å². The molecule has 4 nitrogen and oxygen atoms in total. The van der Waals surface area contributed by atoms with Gasteiger partial charge in [-0.1, -0.05) is 78.7 Å². The van der Waals surface area contributed by atoms with Crippen molar-refractivity contribution in [3.63, 3.8) is 0 Å². The van der Waals surface area contributed by atoms with E-state index in [0.717, 1.165) is 44.5 Å². The van der Waals surface area contributed by atoms with Crippen LogP contribution in [0.25, 0.3) is 55.6 Å². The summed E-state index contributed by atoms with van der Waals surface area (Å²) in [7, 11) is 0. The number of fused-ring (bicyclic) bond motifs is 3. The number of pyridine rings is 3. The molecule has 0 aliphatic carbocycles. The Kier molecular flexibility index (Phi) is 8.49. The molecule has 1 radical (unpaired) electrons. The van der Waals surface area contributed by atoms with Crippen LogP contribution in [-0.4, -0.2) is 15.0 Å². The van der Waals surface area contributed by atoms with Crippen LogP contribution in [0.3, 0.4) is 0 Å². The number of aryl methyl sites for hydroxylation is 3. The van der Waals surface area contributed by atoms with Gasteiger partial charge in [0.2, 0.25) is 0 Å². The van der Waals surface area contributed by atoms with E-state index in [2.05, 4.69) is 96.4 Å². The predicted molar refractivity (Wildman–Crippen MR) is 162 cm³/mol. The number of hydrogen-bond donors (Lipinski definition) is 0. The molecule has 203 valence electrons. The molecule has 4 aromatic heterocycles. The molecular weight excluding hydrogens is 683 g/mol. The summed E-state index contributed by atoms with van der Waals surface area (Å²) < 4.78 is 5.76. The minimum absolute atomic E-state index is 0. The van der Waals surface area contributed by atoms with Crippen LogP contribution in [-0.2, 0) is 20.1 Å². The molecule has 0 atom stereocenters. The van der Waals surface area contributed by atoms with E-state index < -0.39 is 0 Å². The molecule has 0 aliphatic heterocycles. The largest absolute Gasteiger partial charge is 0.455 e. The van der Waals surface area contributed by atoms with Crippen LogP contribution in [0, 0.1) is 32.9 Å². The smallest absolute Gasteiger partial charge is 0.151 e. The summed E-state index contributed by atoms with van der Waals surface area (Å²) in [6, 6.07) is 35.2. The van der Waals surface area contributed by atoms with Crippen LogP contribution in [0.1, 0.15) is 16.7 Å². The van der Waals surface area contributed by atoms with Gasteiger partial charge in [0.05, 0.1) is 6.20 Å². The second kappa shape index (κ2) is 12.4. The minimum atomic E-state index is 0. The van der Waals surface area contributed by atoms with E-state index in [-0.39, 0.29) is 20.1 Å². The zero-order valence-corrected chi connectivity index (χ0v) is 25.4. The molecule has 3 aromatic carbocycles. The first-order valence-corrected chi connectivity index (χ1v) is 13.2. The van der Waals surface area contributed by atoms with E-state index in [1.807, 2.05) is 42.6 Å². The maximum atomic E-state index is 5.76. The zero-order chi connectivity index (χ0) is 27.5. The molecule has 0 N–H and O–H groups in total. The molecular formula is C36H27IrN3O-2. The summed E-state index contributed by atoms with van der Waals surface area (Å²) in [5, 5.41) is 2.18. The van der Waals surface area contributed by atoms with Gasteiger partial charge in [0.1, 0.15) is 5.58 Å². The van der Waals surface area contributed by atoms with Crippen molar-refractivity contribution < 1.29 is 24.5 Å². The van der Waals surface area contributed by atoms with Crippen molar-refractivity contribution in [2.24, 2.45) is 0 Å². The average Bonchev–Trinajstić information content (AvgIpc) is 3.38. The number of benzene rings is 3. The number of aromatic nitrogens is 3. The van der Waals surface area contributed by atoms with Crippen LogP contribution >= 0.6 is 0 Å². The molecule has 4 heterocycles. The van der Waals surface area contributed by atoms with Crippen molar-refractivity contribution >= 4 is 21.9 Å². The monoisotopic (exact) mass is 710 g/mol. The van der Waals surface area contributed by atoms with Gasteiger partial charge in [-0.05, 0) is 54.8 Å². The fourth-order valence-corrected chi connectivity index (χ4v) is 4.67. The van der Waals surface area contributed by atoms with Gasteiger partial charge < -0.3 is 14.4 Å². The van der Waals surface area contributed by atoms with Crippen LogP contribution in [0.2, 0.25) is 0 Å². The Bertz CT molecular complexity index is 1930. The maximum absolute atomic E-state index is 5.76. The van der Waals surface area contributed by atoms with Gasteiger partial charge in [-0.2, -0.15) is 11.6 Å². The van der Waals surface area contributed by atoms with Crippen LogP contribution < -0.4 is 0 Å². The summed E-state index contributed by atoms with van der Waals surface area (Å²) in [6.45, 7) is 6.32. The Hall–Kier alpha value is -4.44. The number of para-hydroxylation sites is 1. The normalized spacial score (nSPS) is 10.6. The van der Waals surface area contributed by atoms with E-state index >= 15 is 0 Å². The maximum Gasteiger partial charge on any atom is 0.151 e. The Balaban J connectivity index is 0.000000161. The van der Waals surface area contributed by atoms with E-state index in [9.17, 15) is 0 Å². The second-order valence-electron chi connectivity index (χ2n) is 9.78. The standard InChI is InChI=1S/C20H18N.C16H9N2O.Ir/c1-14-9-10-18(20-11-15(2)16(3)13-21-20)12-19(14)17-7-5-4-6-8-17;1-2-4-15-12(3-1)13-9-14(18-10-16(13)19-15)11-5-7-17-8-6-11;/h4-9,11-13H,1-3H3;1-5,7-10H;/q2*-1;. The summed E-state index contributed by atoms with van der Waals surface area (Å²) in [5.74, 6) is 0. The van der Waals surface area contributed by atoms with Crippen molar-refractivity contribution in [1.29, 1.82) is 0 Å². The first-order valence-electron chi connectivity index (χ1n) is 13.2. The molecule has 0 saturated carbocycles. The van der Waals surface area contributed by atoms with Crippen LogP contribution in [0.4, 0.5) is 0 Å². The van der Waals surface area contributed by atoms with Crippen molar-refractivity contribution in [3.8, 4) is 33.6 Å². The molecule has 7 rings (SSSR count). The van der Waals surface area contributed by atoms with Crippen molar-refractivity contribution in [2.45, 2.75) is 20.8 Å².